The summed E-state index contributed by atoms with van der Waals surface area (Å²) in [4.78, 5) is 21.4. The van der Waals surface area contributed by atoms with Crippen LogP contribution in [0.3, 0.4) is 0 Å². The molecule has 1 N–H and O–H groups in total. The van der Waals surface area contributed by atoms with Crippen molar-refractivity contribution in [3.63, 3.8) is 0 Å². The molecule has 0 spiro atoms. The van der Waals surface area contributed by atoms with Crippen molar-refractivity contribution in [2.45, 2.75) is 26.2 Å². The van der Waals surface area contributed by atoms with E-state index in [1.54, 1.807) is 0 Å². The van der Waals surface area contributed by atoms with Gasteiger partial charge in [0, 0.05) is 5.56 Å². The van der Waals surface area contributed by atoms with Crippen LogP contribution in [0.5, 0.6) is 5.75 Å². The number of phenolic OH excluding ortho intramolecular Hbond substituents is 1. The largest absolute Gasteiger partial charge is 0.505 e. The van der Waals surface area contributed by atoms with Gasteiger partial charge in [0.15, 0.2) is 5.82 Å². The molecule has 8 heteroatoms. The Hall–Kier alpha value is -2.79. The highest BCUT2D eigenvalue weighted by atomic mass is 79.9. The second-order valence-electron chi connectivity index (χ2n) is 5.75. The minimum Gasteiger partial charge on any atom is -0.505 e. The fourth-order valence-corrected chi connectivity index (χ4v) is 3.13. The molecule has 0 aliphatic heterocycles. The van der Waals surface area contributed by atoms with Crippen LogP contribution in [0, 0.1) is 17.1 Å². The Morgan fingerprint density at radius 3 is 2.92 bits per heavy atom. The van der Waals surface area contributed by atoms with Crippen LogP contribution in [0.2, 0.25) is 0 Å². The first-order chi connectivity index (χ1) is 12.5. The van der Waals surface area contributed by atoms with Gasteiger partial charge in [0.05, 0.1) is 28.1 Å². The summed E-state index contributed by atoms with van der Waals surface area (Å²) in [5.41, 5.74) is 0.894. The van der Waals surface area contributed by atoms with Crippen LogP contribution in [0.4, 0.5) is 4.39 Å². The number of carbonyl (C=O) groups excluding carboxylic acids is 1. The van der Waals surface area contributed by atoms with Crippen molar-refractivity contribution in [1.82, 2.24) is 14.4 Å². The number of phenols is 1. The molecule has 0 radical (unpaired) electrons. The molecule has 0 saturated carbocycles. The van der Waals surface area contributed by atoms with Crippen molar-refractivity contribution in [3.05, 3.63) is 57.3 Å². The van der Waals surface area contributed by atoms with Gasteiger partial charge < -0.3 is 5.11 Å². The molecule has 1 aromatic carbocycles. The zero-order chi connectivity index (χ0) is 18.8. The average Bonchev–Trinajstić information content (AvgIpc) is 2.98. The summed E-state index contributed by atoms with van der Waals surface area (Å²) in [6, 6.07) is 4.57. The molecule has 0 aliphatic rings. The van der Waals surface area contributed by atoms with Gasteiger partial charge in [-0.2, -0.15) is 5.26 Å². The maximum absolute atomic E-state index is 13.7. The van der Waals surface area contributed by atoms with E-state index in [1.165, 1.54) is 22.7 Å². The fraction of sp³-hybridized carbons (Fsp3) is 0.222. The molecular formula is C18H14BrFN4O2. The van der Waals surface area contributed by atoms with Crippen LogP contribution >= 0.6 is 15.9 Å². The van der Waals surface area contributed by atoms with E-state index in [0.29, 0.717) is 12.1 Å². The van der Waals surface area contributed by atoms with Crippen molar-refractivity contribution in [1.29, 1.82) is 5.26 Å². The van der Waals surface area contributed by atoms with Crippen molar-refractivity contribution in [2.24, 2.45) is 0 Å². The molecule has 0 atom stereocenters. The summed E-state index contributed by atoms with van der Waals surface area (Å²) < 4.78 is 15.2. The highest BCUT2D eigenvalue weighted by molar-refractivity contribution is 9.10. The number of hydrogen-bond acceptors (Lipinski definition) is 5. The number of benzene rings is 1. The van der Waals surface area contributed by atoms with E-state index in [9.17, 15) is 14.3 Å². The molecule has 0 aliphatic carbocycles. The Morgan fingerprint density at radius 1 is 1.46 bits per heavy atom. The van der Waals surface area contributed by atoms with Gasteiger partial charge in [0.1, 0.15) is 17.5 Å². The lowest BCUT2D eigenvalue weighted by atomic mass is 10.0. The van der Waals surface area contributed by atoms with E-state index in [-0.39, 0.29) is 32.8 Å². The molecule has 2 aromatic heterocycles. The van der Waals surface area contributed by atoms with Crippen molar-refractivity contribution < 1.29 is 14.3 Å². The van der Waals surface area contributed by atoms with Gasteiger partial charge in [-0.1, -0.05) is 13.3 Å². The molecule has 0 saturated heterocycles. The second kappa shape index (κ2) is 7.22. The third kappa shape index (κ3) is 3.18. The molecule has 0 fully saturated rings. The third-order valence-electron chi connectivity index (χ3n) is 3.95. The third-order valence-corrected chi connectivity index (χ3v) is 4.55. The van der Waals surface area contributed by atoms with E-state index in [4.69, 9.17) is 5.26 Å². The summed E-state index contributed by atoms with van der Waals surface area (Å²) in [5.74, 6) is -1.01. The molecule has 6 nitrogen and oxygen atoms in total. The maximum atomic E-state index is 13.7. The normalized spacial score (nSPS) is 10.8. The molecule has 0 amide bonds. The van der Waals surface area contributed by atoms with Crippen LogP contribution < -0.4 is 0 Å². The van der Waals surface area contributed by atoms with E-state index >= 15 is 0 Å². The van der Waals surface area contributed by atoms with E-state index < -0.39 is 11.6 Å². The van der Waals surface area contributed by atoms with E-state index in [1.807, 2.05) is 13.0 Å². The quantitative estimate of drug-likeness (QED) is 0.638. The number of aryl methyl sites for hydroxylation is 1. The molecule has 26 heavy (non-hydrogen) atoms. The smallest absolute Gasteiger partial charge is 0.234 e. The lowest BCUT2D eigenvalue weighted by Crippen LogP contribution is -2.09. The zero-order valence-electron chi connectivity index (χ0n) is 13.8. The number of nitrogens with zero attached hydrogens (tertiary/aromatic N) is 4. The molecule has 0 bridgehead atoms. The number of imidazole rings is 1. The number of aromatic hydroxyl groups is 1. The second-order valence-corrected chi connectivity index (χ2v) is 6.60. The van der Waals surface area contributed by atoms with Gasteiger partial charge >= 0.3 is 0 Å². The Bertz CT molecular complexity index is 1060. The first kappa shape index (κ1) is 18.0. The van der Waals surface area contributed by atoms with Crippen LogP contribution in [0.25, 0.3) is 5.78 Å². The van der Waals surface area contributed by atoms with Gasteiger partial charge in [0.25, 0.3) is 0 Å². The first-order valence-electron chi connectivity index (χ1n) is 7.96. The number of fused-ring (bicyclic) bond motifs is 1. The zero-order valence-corrected chi connectivity index (χ0v) is 15.4. The van der Waals surface area contributed by atoms with Gasteiger partial charge in [-0.15, -0.1) is 0 Å². The molecule has 2 heterocycles. The number of nitriles is 1. The standard InChI is InChI=1S/C18H14BrFN4O2/c1-2-3-4-14-15(24-9-12(20)8-22-18(24)23-14)17(26)10-5-11(7-21)16(25)13(19)6-10/h5-6,8-9,25H,2-4H2,1H3. The average molecular weight is 417 g/mol. The van der Waals surface area contributed by atoms with Crippen molar-refractivity contribution >= 4 is 27.5 Å². The van der Waals surface area contributed by atoms with E-state index in [0.717, 1.165) is 19.0 Å². The van der Waals surface area contributed by atoms with E-state index in [2.05, 4.69) is 25.9 Å². The summed E-state index contributed by atoms with van der Waals surface area (Å²) in [5, 5.41) is 19.0. The molecule has 132 valence electrons. The SMILES string of the molecule is CCCCc1nc2ncc(F)cn2c1C(=O)c1cc(Br)c(O)c(C#N)c1. The van der Waals surface area contributed by atoms with Crippen molar-refractivity contribution in [3.8, 4) is 11.8 Å². The predicted octanol–water partition coefficient (Wildman–Crippen LogP) is 3.78. The number of ketones is 1. The Labute approximate surface area is 157 Å². The van der Waals surface area contributed by atoms with Gasteiger partial charge in [-0.05, 0) is 40.9 Å². The molecule has 3 rings (SSSR count). The van der Waals surface area contributed by atoms with Gasteiger partial charge in [0.2, 0.25) is 11.6 Å². The maximum Gasteiger partial charge on any atom is 0.234 e. The lowest BCUT2D eigenvalue weighted by Gasteiger charge is -2.07. The highest BCUT2D eigenvalue weighted by Gasteiger charge is 2.23. The number of halogens is 2. The lowest BCUT2D eigenvalue weighted by molar-refractivity contribution is 0.103. The molecule has 0 unspecified atom stereocenters. The Balaban J connectivity index is 2.20. The van der Waals surface area contributed by atoms with Gasteiger partial charge in [-0.25, -0.2) is 14.4 Å². The first-order valence-corrected chi connectivity index (χ1v) is 8.75. The van der Waals surface area contributed by atoms with Gasteiger partial charge in [-0.3, -0.25) is 9.20 Å². The summed E-state index contributed by atoms with van der Waals surface area (Å²) in [7, 11) is 0. The topological polar surface area (TPSA) is 91.3 Å². The highest BCUT2D eigenvalue weighted by Crippen LogP contribution is 2.30. The minimum atomic E-state index is -0.587. The fourth-order valence-electron chi connectivity index (χ4n) is 2.67. The summed E-state index contributed by atoms with van der Waals surface area (Å²) in [6.45, 7) is 2.02. The van der Waals surface area contributed by atoms with Crippen LogP contribution in [-0.4, -0.2) is 25.3 Å². The number of carbonyl (C=O) groups is 1. The van der Waals surface area contributed by atoms with Crippen molar-refractivity contribution in [2.75, 3.05) is 0 Å². The summed E-state index contributed by atoms with van der Waals surface area (Å²) >= 11 is 3.14. The Kier molecular flexibility index (Phi) is 5.00. The number of hydrogen-bond donors (Lipinski definition) is 1. The number of aromatic nitrogens is 3. The summed E-state index contributed by atoms with van der Waals surface area (Å²) in [6.07, 6.45) is 4.48. The minimum absolute atomic E-state index is 0.0315. The number of unbranched alkanes of at least 4 members (excludes halogenated alkanes) is 1. The predicted molar refractivity (Wildman–Crippen MR) is 95.5 cm³/mol. The van der Waals surface area contributed by atoms with Crippen LogP contribution in [0.15, 0.2) is 29.0 Å². The molecular weight excluding hydrogens is 403 g/mol. The number of rotatable bonds is 5. The van der Waals surface area contributed by atoms with Crippen LogP contribution in [-0.2, 0) is 6.42 Å². The van der Waals surface area contributed by atoms with Crippen LogP contribution in [0.1, 0.15) is 47.1 Å². The monoisotopic (exact) mass is 416 g/mol. The molecule has 3 aromatic rings. The Morgan fingerprint density at radius 2 is 2.23 bits per heavy atom.